The Morgan fingerprint density at radius 3 is 2.45 bits per heavy atom. The molecule has 0 radical (unpaired) electrons. The number of nitrogens with one attached hydrogen (secondary N) is 1. The van der Waals surface area contributed by atoms with Crippen molar-refractivity contribution in [2.45, 2.75) is 30.9 Å². The van der Waals surface area contributed by atoms with Gasteiger partial charge in [-0.1, -0.05) is 32.0 Å². The van der Waals surface area contributed by atoms with Gasteiger partial charge in [0.2, 0.25) is 0 Å². The van der Waals surface area contributed by atoms with Gasteiger partial charge in [-0.2, -0.15) is 0 Å². The predicted molar refractivity (Wildman–Crippen MR) is 87.4 cm³/mol. The summed E-state index contributed by atoms with van der Waals surface area (Å²) in [7, 11) is -3.80. The average Bonchev–Trinajstić information content (AvgIpc) is 2.82. The molecule has 0 unspecified atom stereocenters. The minimum Gasteiger partial charge on any atom is -0.477 e. The molecule has 0 aliphatic heterocycles. The lowest BCUT2D eigenvalue weighted by Crippen LogP contribution is -2.13. The van der Waals surface area contributed by atoms with Crippen molar-refractivity contribution in [2.75, 3.05) is 4.72 Å². The van der Waals surface area contributed by atoms with Crippen LogP contribution in [0.1, 0.15) is 40.6 Å². The lowest BCUT2D eigenvalue weighted by Gasteiger charge is -2.14. The van der Waals surface area contributed by atoms with Crippen LogP contribution in [0.15, 0.2) is 34.5 Å². The molecule has 0 aliphatic carbocycles. The summed E-state index contributed by atoms with van der Waals surface area (Å²) in [5.74, 6) is -0.954. The number of para-hydroxylation sites is 1. The second-order valence-electron chi connectivity index (χ2n) is 5.23. The molecule has 0 spiro atoms. The maximum absolute atomic E-state index is 12.5. The Kier molecular flexibility index (Phi) is 4.58. The molecule has 118 valence electrons. The van der Waals surface area contributed by atoms with Crippen LogP contribution >= 0.6 is 11.3 Å². The third-order valence-corrected chi connectivity index (χ3v) is 6.25. The topological polar surface area (TPSA) is 83.5 Å². The molecule has 0 atom stereocenters. The fraction of sp³-hybridized carbons (Fsp3) is 0.267. The van der Waals surface area contributed by atoms with Crippen LogP contribution in [0.4, 0.5) is 5.69 Å². The first kappa shape index (κ1) is 16.5. The van der Waals surface area contributed by atoms with Crippen molar-refractivity contribution < 1.29 is 18.3 Å². The predicted octanol–water partition coefficient (Wildman–Crippen LogP) is 3.68. The highest BCUT2D eigenvalue weighted by Gasteiger charge is 2.22. The van der Waals surface area contributed by atoms with Crippen LogP contribution in [0, 0.1) is 6.92 Å². The van der Waals surface area contributed by atoms with Crippen molar-refractivity contribution in [1.29, 1.82) is 0 Å². The minimum absolute atomic E-state index is 0.000888. The van der Waals surface area contributed by atoms with E-state index in [0.29, 0.717) is 11.3 Å². The monoisotopic (exact) mass is 339 g/mol. The molecule has 0 saturated heterocycles. The quantitative estimate of drug-likeness (QED) is 0.870. The Labute approximate surface area is 133 Å². The molecule has 7 heteroatoms. The number of rotatable bonds is 5. The van der Waals surface area contributed by atoms with E-state index in [1.807, 2.05) is 26.0 Å². The fourth-order valence-corrected chi connectivity index (χ4v) is 4.55. The first-order valence-electron chi connectivity index (χ1n) is 6.68. The zero-order valence-corrected chi connectivity index (χ0v) is 14.1. The highest BCUT2D eigenvalue weighted by Crippen LogP contribution is 2.30. The number of benzene rings is 1. The average molecular weight is 339 g/mol. The maximum Gasteiger partial charge on any atom is 0.346 e. The summed E-state index contributed by atoms with van der Waals surface area (Å²) >= 11 is 0.758. The van der Waals surface area contributed by atoms with Crippen molar-refractivity contribution >= 4 is 33.0 Å². The second-order valence-corrected chi connectivity index (χ2v) is 8.19. The van der Waals surface area contributed by atoms with Crippen molar-refractivity contribution in [1.82, 2.24) is 0 Å². The Hall–Kier alpha value is -1.86. The van der Waals surface area contributed by atoms with Gasteiger partial charge in [0.1, 0.15) is 9.09 Å². The first-order valence-corrected chi connectivity index (χ1v) is 8.98. The van der Waals surface area contributed by atoms with E-state index < -0.39 is 16.0 Å². The second kappa shape index (κ2) is 6.10. The van der Waals surface area contributed by atoms with Crippen LogP contribution in [0.5, 0.6) is 0 Å². The van der Waals surface area contributed by atoms with Gasteiger partial charge in [-0.15, -0.1) is 11.3 Å². The van der Waals surface area contributed by atoms with E-state index in [2.05, 4.69) is 4.72 Å². The van der Waals surface area contributed by atoms with Crippen molar-refractivity contribution in [2.24, 2.45) is 0 Å². The molecular weight excluding hydrogens is 322 g/mol. The largest absolute Gasteiger partial charge is 0.477 e. The van der Waals surface area contributed by atoms with E-state index in [-0.39, 0.29) is 15.0 Å². The smallest absolute Gasteiger partial charge is 0.346 e. The van der Waals surface area contributed by atoms with Gasteiger partial charge in [0.05, 0.1) is 5.69 Å². The van der Waals surface area contributed by atoms with E-state index in [1.165, 1.54) is 6.07 Å². The number of anilines is 1. The van der Waals surface area contributed by atoms with Crippen LogP contribution in [0.25, 0.3) is 0 Å². The normalized spacial score (nSPS) is 11.6. The molecule has 1 heterocycles. The number of carboxylic acid groups (broad SMARTS) is 1. The summed E-state index contributed by atoms with van der Waals surface area (Å²) in [6, 6.07) is 8.56. The number of hydrogen-bond donors (Lipinski definition) is 2. The van der Waals surface area contributed by atoms with Gasteiger partial charge in [-0.3, -0.25) is 4.72 Å². The standard InChI is InChI=1S/C15H17NO4S2/c1-9(2)11-6-4-5-7-12(11)16-22(19,20)13-8-10(3)14(21-13)15(17)18/h4-9,16H,1-3H3,(H,17,18). The lowest BCUT2D eigenvalue weighted by molar-refractivity contribution is 0.0701. The van der Waals surface area contributed by atoms with Crippen molar-refractivity contribution in [3.63, 3.8) is 0 Å². The number of aromatic carboxylic acids is 1. The summed E-state index contributed by atoms with van der Waals surface area (Å²) in [5, 5.41) is 9.05. The Balaban J connectivity index is 2.41. The summed E-state index contributed by atoms with van der Waals surface area (Å²) in [6.45, 7) is 5.54. The van der Waals surface area contributed by atoms with Crippen LogP contribution < -0.4 is 4.72 Å². The molecule has 1 aromatic carbocycles. The molecule has 2 aromatic rings. The van der Waals surface area contributed by atoms with Crippen molar-refractivity contribution in [3.05, 3.63) is 46.3 Å². The van der Waals surface area contributed by atoms with Crippen LogP contribution in [-0.4, -0.2) is 19.5 Å². The van der Waals surface area contributed by atoms with E-state index in [1.54, 1.807) is 19.1 Å². The molecule has 0 fully saturated rings. The molecule has 1 aromatic heterocycles. The van der Waals surface area contributed by atoms with Gasteiger partial charge in [-0.25, -0.2) is 13.2 Å². The van der Waals surface area contributed by atoms with E-state index in [4.69, 9.17) is 5.11 Å². The lowest BCUT2D eigenvalue weighted by atomic mass is 10.0. The number of carbonyl (C=O) groups is 1. The zero-order valence-electron chi connectivity index (χ0n) is 12.5. The molecule has 5 nitrogen and oxygen atoms in total. The van der Waals surface area contributed by atoms with Gasteiger partial charge >= 0.3 is 5.97 Å². The molecule has 0 saturated carbocycles. The van der Waals surface area contributed by atoms with Crippen LogP contribution in [0.2, 0.25) is 0 Å². The highest BCUT2D eigenvalue weighted by molar-refractivity contribution is 7.94. The number of hydrogen-bond acceptors (Lipinski definition) is 4. The van der Waals surface area contributed by atoms with Gasteiger partial charge in [0.25, 0.3) is 10.0 Å². The van der Waals surface area contributed by atoms with Gasteiger partial charge in [0.15, 0.2) is 0 Å². The van der Waals surface area contributed by atoms with Gasteiger partial charge in [-0.05, 0) is 36.1 Å². The fourth-order valence-electron chi connectivity index (χ4n) is 2.09. The summed E-state index contributed by atoms with van der Waals surface area (Å²) < 4.78 is 27.5. The maximum atomic E-state index is 12.5. The molecule has 0 amide bonds. The SMILES string of the molecule is Cc1cc(S(=O)(=O)Nc2ccccc2C(C)C)sc1C(=O)O. The van der Waals surface area contributed by atoms with Gasteiger partial charge in [0, 0.05) is 0 Å². The van der Waals surface area contributed by atoms with Crippen LogP contribution in [0.3, 0.4) is 0 Å². The summed E-state index contributed by atoms with van der Waals surface area (Å²) in [4.78, 5) is 11.1. The molecule has 0 bridgehead atoms. The Morgan fingerprint density at radius 1 is 1.27 bits per heavy atom. The summed E-state index contributed by atoms with van der Waals surface area (Å²) in [5.41, 5.74) is 1.84. The molecule has 2 N–H and O–H groups in total. The van der Waals surface area contributed by atoms with Crippen LogP contribution in [-0.2, 0) is 10.0 Å². The van der Waals surface area contributed by atoms with E-state index in [9.17, 15) is 13.2 Å². The minimum atomic E-state index is -3.80. The Morgan fingerprint density at radius 2 is 1.91 bits per heavy atom. The van der Waals surface area contributed by atoms with E-state index >= 15 is 0 Å². The number of carboxylic acids is 1. The third kappa shape index (κ3) is 3.31. The third-order valence-electron chi connectivity index (χ3n) is 3.18. The van der Waals surface area contributed by atoms with Crippen molar-refractivity contribution in [3.8, 4) is 0 Å². The number of sulfonamides is 1. The number of thiophene rings is 1. The first-order chi connectivity index (χ1) is 10.2. The molecule has 2 rings (SSSR count). The highest BCUT2D eigenvalue weighted by atomic mass is 32.2. The van der Waals surface area contributed by atoms with E-state index in [0.717, 1.165) is 16.9 Å². The zero-order chi connectivity index (χ0) is 16.5. The molecule has 22 heavy (non-hydrogen) atoms. The molecule has 0 aliphatic rings. The van der Waals surface area contributed by atoms with Gasteiger partial charge < -0.3 is 5.11 Å². The summed E-state index contributed by atoms with van der Waals surface area (Å²) in [6.07, 6.45) is 0. The Bertz CT molecular complexity index is 807. The number of aryl methyl sites for hydroxylation is 1. The molecular formula is C15H17NO4S2.